The molecule has 1 heterocycles. The predicted molar refractivity (Wildman–Crippen MR) is 101 cm³/mol. The molecule has 0 unspecified atom stereocenters. The van der Waals surface area contributed by atoms with Gasteiger partial charge in [-0.1, -0.05) is 12.1 Å². The topological polar surface area (TPSA) is 78.1 Å². The molecule has 0 saturated carbocycles. The Bertz CT molecular complexity index is 835. The first-order valence-corrected chi connectivity index (χ1v) is 8.60. The second kappa shape index (κ2) is 7.65. The van der Waals surface area contributed by atoms with Gasteiger partial charge in [0.25, 0.3) is 0 Å². The van der Waals surface area contributed by atoms with E-state index in [1.165, 1.54) is 0 Å². The second-order valence-corrected chi connectivity index (χ2v) is 6.69. The molecular formula is C20H24N2O5. The molecule has 0 atom stereocenters. The summed E-state index contributed by atoms with van der Waals surface area (Å²) in [5.41, 5.74) is 1.25. The number of hydrogen-bond donors (Lipinski definition) is 2. The minimum atomic E-state index is -0.581. The monoisotopic (exact) mass is 372 g/mol. The number of carbonyl (C=O) groups is 1. The smallest absolute Gasteiger partial charge is 0.315 e. The highest BCUT2D eigenvalue weighted by Gasteiger charge is 2.25. The fourth-order valence-corrected chi connectivity index (χ4v) is 2.86. The van der Waals surface area contributed by atoms with Crippen LogP contribution in [0.25, 0.3) is 0 Å². The number of amides is 2. The molecule has 2 N–H and O–H groups in total. The third kappa shape index (κ3) is 4.19. The molecule has 0 bridgehead atoms. The number of rotatable bonds is 6. The van der Waals surface area contributed by atoms with Gasteiger partial charge in [-0.2, -0.15) is 0 Å². The minimum absolute atomic E-state index is 0.221. The van der Waals surface area contributed by atoms with Crippen molar-refractivity contribution in [3.63, 3.8) is 0 Å². The summed E-state index contributed by atoms with van der Waals surface area (Å²) in [6.07, 6.45) is 0. The third-order valence-corrected chi connectivity index (χ3v) is 4.42. The number of nitrogens with one attached hydrogen (secondary N) is 2. The van der Waals surface area contributed by atoms with Gasteiger partial charge in [0.15, 0.2) is 23.0 Å². The van der Waals surface area contributed by atoms with Gasteiger partial charge < -0.3 is 29.6 Å². The summed E-state index contributed by atoms with van der Waals surface area (Å²) in [6.45, 7) is 4.45. The normalized spacial score (nSPS) is 12.4. The van der Waals surface area contributed by atoms with E-state index in [2.05, 4.69) is 10.6 Å². The Morgan fingerprint density at radius 2 is 1.78 bits per heavy atom. The molecule has 0 fully saturated rings. The van der Waals surface area contributed by atoms with Crippen LogP contribution in [-0.4, -0.2) is 27.0 Å². The number of urea groups is 1. The number of fused-ring (bicyclic) bond motifs is 1. The van der Waals surface area contributed by atoms with E-state index < -0.39 is 5.54 Å². The van der Waals surface area contributed by atoms with Gasteiger partial charge in [-0.05, 0) is 49.2 Å². The zero-order chi connectivity index (χ0) is 19.4. The van der Waals surface area contributed by atoms with Crippen LogP contribution in [0, 0.1) is 0 Å². The first-order chi connectivity index (χ1) is 12.9. The van der Waals surface area contributed by atoms with Crippen molar-refractivity contribution in [1.82, 2.24) is 10.6 Å². The third-order valence-electron chi connectivity index (χ3n) is 4.42. The van der Waals surface area contributed by atoms with Gasteiger partial charge in [-0.25, -0.2) is 4.79 Å². The van der Waals surface area contributed by atoms with Crippen molar-refractivity contribution in [2.45, 2.75) is 25.9 Å². The summed E-state index contributed by atoms with van der Waals surface area (Å²) in [7, 11) is 3.16. The Balaban J connectivity index is 1.61. The van der Waals surface area contributed by atoms with Crippen LogP contribution < -0.4 is 29.6 Å². The van der Waals surface area contributed by atoms with Crippen LogP contribution in [0.4, 0.5) is 4.79 Å². The molecular weight excluding hydrogens is 348 g/mol. The van der Waals surface area contributed by atoms with Gasteiger partial charge in [-0.3, -0.25) is 0 Å². The van der Waals surface area contributed by atoms with E-state index in [0.717, 1.165) is 11.1 Å². The Morgan fingerprint density at radius 3 is 2.52 bits per heavy atom. The Morgan fingerprint density at radius 1 is 1.04 bits per heavy atom. The van der Waals surface area contributed by atoms with Crippen LogP contribution in [0.3, 0.4) is 0 Å². The molecule has 0 saturated heterocycles. The summed E-state index contributed by atoms with van der Waals surface area (Å²) in [6, 6.07) is 10.9. The number of ether oxygens (including phenoxy) is 4. The average Bonchev–Trinajstić information content (AvgIpc) is 3.13. The quantitative estimate of drug-likeness (QED) is 0.814. The SMILES string of the molecule is COc1ccc(CNC(=O)NC(C)(C)c2ccc3c(c2)OCO3)cc1OC. The molecule has 1 aliphatic heterocycles. The molecule has 3 rings (SSSR count). The zero-order valence-corrected chi connectivity index (χ0v) is 15.9. The largest absolute Gasteiger partial charge is 0.493 e. The maximum absolute atomic E-state index is 12.4. The lowest BCUT2D eigenvalue weighted by Crippen LogP contribution is -2.46. The number of hydrogen-bond acceptors (Lipinski definition) is 5. The summed E-state index contributed by atoms with van der Waals surface area (Å²) in [5.74, 6) is 2.67. The van der Waals surface area contributed by atoms with Crippen LogP contribution >= 0.6 is 0 Å². The first-order valence-electron chi connectivity index (χ1n) is 8.60. The lowest BCUT2D eigenvalue weighted by atomic mass is 9.94. The van der Waals surface area contributed by atoms with Crippen LogP contribution in [-0.2, 0) is 12.1 Å². The van der Waals surface area contributed by atoms with Gasteiger partial charge in [0.05, 0.1) is 19.8 Å². The van der Waals surface area contributed by atoms with E-state index in [4.69, 9.17) is 18.9 Å². The standard InChI is InChI=1S/C20H24N2O5/c1-20(2,14-6-8-16-18(10-14)27-12-26-16)22-19(23)21-11-13-5-7-15(24-3)17(9-13)25-4/h5-10H,11-12H2,1-4H3,(H2,21,22,23). The fourth-order valence-electron chi connectivity index (χ4n) is 2.86. The summed E-state index contributed by atoms with van der Waals surface area (Å²) in [4.78, 5) is 12.4. The first kappa shape index (κ1) is 18.7. The average molecular weight is 372 g/mol. The molecule has 1 aliphatic rings. The van der Waals surface area contributed by atoms with Crippen molar-refractivity contribution in [1.29, 1.82) is 0 Å². The highest BCUT2D eigenvalue weighted by atomic mass is 16.7. The van der Waals surface area contributed by atoms with Gasteiger partial charge in [0, 0.05) is 6.54 Å². The maximum Gasteiger partial charge on any atom is 0.315 e. The van der Waals surface area contributed by atoms with E-state index in [9.17, 15) is 4.79 Å². The lowest BCUT2D eigenvalue weighted by molar-refractivity contribution is 0.174. The number of benzene rings is 2. The summed E-state index contributed by atoms with van der Waals surface area (Å²) < 4.78 is 21.2. The van der Waals surface area contributed by atoms with Crippen LogP contribution in [0.15, 0.2) is 36.4 Å². The van der Waals surface area contributed by atoms with Crippen molar-refractivity contribution in [2.24, 2.45) is 0 Å². The van der Waals surface area contributed by atoms with Crippen molar-refractivity contribution in [3.8, 4) is 23.0 Å². The molecule has 7 nitrogen and oxygen atoms in total. The molecule has 0 aliphatic carbocycles. The Hall–Kier alpha value is -3.09. The van der Waals surface area contributed by atoms with Crippen LogP contribution in [0.5, 0.6) is 23.0 Å². The molecule has 2 aromatic rings. The molecule has 0 spiro atoms. The van der Waals surface area contributed by atoms with Crippen molar-refractivity contribution < 1.29 is 23.7 Å². The highest BCUT2D eigenvalue weighted by Crippen LogP contribution is 2.35. The summed E-state index contributed by atoms with van der Waals surface area (Å²) >= 11 is 0. The molecule has 0 radical (unpaired) electrons. The van der Waals surface area contributed by atoms with Crippen LogP contribution in [0.2, 0.25) is 0 Å². The molecule has 2 aromatic carbocycles. The van der Waals surface area contributed by atoms with Gasteiger partial charge >= 0.3 is 6.03 Å². The van der Waals surface area contributed by atoms with Gasteiger partial charge in [0.2, 0.25) is 6.79 Å². The maximum atomic E-state index is 12.4. The van der Waals surface area contributed by atoms with Crippen molar-refractivity contribution >= 4 is 6.03 Å². The lowest BCUT2D eigenvalue weighted by Gasteiger charge is -2.27. The predicted octanol–water partition coefficient (Wildman–Crippen LogP) is 3.17. The van der Waals surface area contributed by atoms with E-state index in [0.29, 0.717) is 29.5 Å². The van der Waals surface area contributed by atoms with E-state index in [1.54, 1.807) is 14.2 Å². The molecule has 144 valence electrons. The molecule has 0 aromatic heterocycles. The summed E-state index contributed by atoms with van der Waals surface area (Å²) in [5, 5.41) is 5.85. The van der Waals surface area contributed by atoms with E-state index in [-0.39, 0.29) is 12.8 Å². The van der Waals surface area contributed by atoms with Crippen molar-refractivity contribution in [2.75, 3.05) is 21.0 Å². The Labute approximate surface area is 158 Å². The second-order valence-electron chi connectivity index (χ2n) is 6.69. The number of methoxy groups -OCH3 is 2. The van der Waals surface area contributed by atoms with Crippen molar-refractivity contribution in [3.05, 3.63) is 47.5 Å². The van der Waals surface area contributed by atoms with Crippen LogP contribution in [0.1, 0.15) is 25.0 Å². The highest BCUT2D eigenvalue weighted by molar-refractivity contribution is 5.75. The van der Waals surface area contributed by atoms with E-state index >= 15 is 0 Å². The fraction of sp³-hybridized carbons (Fsp3) is 0.350. The molecule has 27 heavy (non-hydrogen) atoms. The molecule has 7 heteroatoms. The van der Waals surface area contributed by atoms with Gasteiger partial charge in [-0.15, -0.1) is 0 Å². The molecule has 2 amide bonds. The minimum Gasteiger partial charge on any atom is -0.493 e. The van der Waals surface area contributed by atoms with E-state index in [1.807, 2.05) is 50.2 Å². The number of carbonyl (C=O) groups excluding carboxylic acids is 1. The van der Waals surface area contributed by atoms with Gasteiger partial charge in [0.1, 0.15) is 0 Å². The zero-order valence-electron chi connectivity index (χ0n) is 15.9. The Kier molecular flexibility index (Phi) is 5.30.